The molecule has 1 heterocycles. The molecule has 1 aliphatic rings. The number of rotatable bonds is 5. The highest BCUT2D eigenvalue weighted by atomic mass is 32.2. The van der Waals surface area contributed by atoms with Crippen LogP contribution >= 0.6 is 24.0 Å². The first-order chi connectivity index (χ1) is 9.18. The third-order valence-electron chi connectivity index (χ3n) is 3.29. The molecule has 1 saturated heterocycles. The second kappa shape index (κ2) is 7.12. The molecule has 1 atom stereocenters. The molecule has 0 aromatic heterocycles. The lowest BCUT2D eigenvalue weighted by atomic mass is 10.2. The van der Waals surface area contributed by atoms with Gasteiger partial charge in [0, 0.05) is 30.6 Å². The SMILES string of the molecule is CC1CSCCN1CCOc1ccccc1C(N)=S. The summed E-state index contributed by atoms with van der Waals surface area (Å²) >= 11 is 7.06. The summed E-state index contributed by atoms with van der Waals surface area (Å²) in [5.74, 6) is 3.21. The quantitative estimate of drug-likeness (QED) is 0.843. The molecule has 1 aromatic rings. The predicted molar refractivity (Wildman–Crippen MR) is 86.2 cm³/mol. The van der Waals surface area contributed by atoms with Crippen LogP contribution < -0.4 is 10.5 Å². The molecule has 1 unspecified atom stereocenters. The molecule has 0 saturated carbocycles. The Bertz CT molecular complexity index is 439. The second-order valence-corrected chi connectivity index (χ2v) is 6.26. The Morgan fingerprint density at radius 3 is 3.05 bits per heavy atom. The number of nitrogens with two attached hydrogens (primary N) is 1. The predicted octanol–water partition coefficient (Wildman–Crippen LogP) is 2.14. The van der Waals surface area contributed by atoms with Crippen LogP contribution in [0.2, 0.25) is 0 Å². The van der Waals surface area contributed by atoms with E-state index < -0.39 is 0 Å². The van der Waals surface area contributed by atoms with E-state index in [1.807, 2.05) is 36.0 Å². The topological polar surface area (TPSA) is 38.5 Å². The molecule has 0 radical (unpaired) electrons. The van der Waals surface area contributed by atoms with Gasteiger partial charge >= 0.3 is 0 Å². The molecule has 19 heavy (non-hydrogen) atoms. The first-order valence-electron chi connectivity index (χ1n) is 6.52. The highest BCUT2D eigenvalue weighted by Gasteiger charge is 2.18. The van der Waals surface area contributed by atoms with Gasteiger partial charge in [-0.05, 0) is 19.1 Å². The summed E-state index contributed by atoms with van der Waals surface area (Å²) < 4.78 is 5.83. The molecule has 1 fully saturated rings. The van der Waals surface area contributed by atoms with Crippen molar-refractivity contribution in [3.8, 4) is 5.75 Å². The van der Waals surface area contributed by atoms with Crippen LogP contribution in [0.3, 0.4) is 0 Å². The summed E-state index contributed by atoms with van der Waals surface area (Å²) in [6.07, 6.45) is 0. The lowest BCUT2D eigenvalue weighted by molar-refractivity contribution is 0.183. The number of para-hydroxylation sites is 1. The Kier molecular flexibility index (Phi) is 5.48. The summed E-state index contributed by atoms with van der Waals surface area (Å²) in [5, 5.41) is 0. The van der Waals surface area contributed by atoms with E-state index in [2.05, 4.69) is 11.8 Å². The minimum Gasteiger partial charge on any atom is -0.492 e. The minimum atomic E-state index is 0.387. The summed E-state index contributed by atoms with van der Waals surface area (Å²) in [7, 11) is 0. The lowest BCUT2D eigenvalue weighted by Crippen LogP contribution is -2.42. The van der Waals surface area contributed by atoms with Crippen molar-refractivity contribution < 1.29 is 4.74 Å². The van der Waals surface area contributed by atoms with E-state index in [1.165, 1.54) is 11.5 Å². The molecule has 2 rings (SSSR count). The summed E-state index contributed by atoms with van der Waals surface area (Å²) in [6, 6.07) is 8.32. The van der Waals surface area contributed by atoms with Crippen molar-refractivity contribution in [3.63, 3.8) is 0 Å². The molecular weight excluding hydrogens is 276 g/mol. The second-order valence-electron chi connectivity index (χ2n) is 4.67. The van der Waals surface area contributed by atoms with Crippen LogP contribution in [0.5, 0.6) is 5.75 Å². The van der Waals surface area contributed by atoms with Crippen molar-refractivity contribution >= 4 is 29.0 Å². The van der Waals surface area contributed by atoms with Crippen LogP contribution in [0.1, 0.15) is 12.5 Å². The highest BCUT2D eigenvalue weighted by Crippen LogP contribution is 2.19. The maximum absolute atomic E-state index is 5.83. The van der Waals surface area contributed by atoms with E-state index in [0.717, 1.165) is 24.4 Å². The first-order valence-corrected chi connectivity index (χ1v) is 8.08. The van der Waals surface area contributed by atoms with Crippen molar-refractivity contribution in [1.82, 2.24) is 4.90 Å². The van der Waals surface area contributed by atoms with Gasteiger partial charge in [-0.3, -0.25) is 4.90 Å². The zero-order valence-corrected chi connectivity index (χ0v) is 12.8. The molecule has 1 aliphatic heterocycles. The number of thioether (sulfide) groups is 1. The number of hydrogen-bond acceptors (Lipinski definition) is 4. The van der Waals surface area contributed by atoms with Crippen molar-refractivity contribution in [3.05, 3.63) is 29.8 Å². The molecule has 1 aromatic carbocycles. The van der Waals surface area contributed by atoms with Gasteiger partial charge in [-0.2, -0.15) is 11.8 Å². The zero-order valence-electron chi connectivity index (χ0n) is 11.2. The zero-order chi connectivity index (χ0) is 13.7. The third-order valence-corrected chi connectivity index (χ3v) is 4.70. The van der Waals surface area contributed by atoms with E-state index in [4.69, 9.17) is 22.7 Å². The normalized spacial score (nSPS) is 20.2. The highest BCUT2D eigenvalue weighted by molar-refractivity contribution is 7.99. The Morgan fingerprint density at radius 1 is 1.53 bits per heavy atom. The van der Waals surface area contributed by atoms with Gasteiger partial charge in [0.15, 0.2) is 0 Å². The molecule has 3 nitrogen and oxygen atoms in total. The number of thiocarbonyl (C=S) groups is 1. The minimum absolute atomic E-state index is 0.387. The van der Waals surface area contributed by atoms with Crippen molar-refractivity contribution in [2.24, 2.45) is 5.73 Å². The monoisotopic (exact) mass is 296 g/mol. The van der Waals surface area contributed by atoms with Gasteiger partial charge in [-0.15, -0.1) is 0 Å². The molecule has 0 bridgehead atoms. The Morgan fingerprint density at radius 2 is 2.32 bits per heavy atom. The fraction of sp³-hybridized carbons (Fsp3) is 0.500. The van der Waals surface area contributed by atoms with Crippen molar-refractivity contribution in [2.75, 3.05) is 31.2 Å². The van der Waals surface area contributed by atoms with Crippen LogP contribution in [-0.2, 0) is 0 Å². The van der Waals surface area contributed by atoms with Gasteiger partial charge in [-0.1, -0.05) is 24.4 Å². The van der Waals surface area contributed by atoms with Gasteiger partial charge in [0.25, 0.3) is 0 Å². The van der Waals surface area contributed by atoms with Gasteiger partial charge in [0.1, 0.15) is 17.3 Å². The summed E-state index contributed by atoms with van der Waals surface area (Å²) in [4.78, 5) is 2.86. The molecular formula is C14H20N2OS2. The van der Waals surface area contributed by atoms with Crippen LogP contribution in [0.25, 0.3) is 0 Å². The largest absolute Gasteiger partial charge is 0.492 e. The summed E-state index contributed by atoms with van der Waals surface area (Å²) in [5.41, 5.74) is 6.51. The maximum Gasteiger partial charge on any atom is 0.129 e. The van der Waals surface area contributed by atoms with Crippen molar-refractivity contribution in [2.45, 2.75) is 13.0 Å². The number of nitrogens with zero attached hydrogens (tertiary/aromatic N) is 1. The van der Waals surface area contributed by atoms with Gasteiger partial charge in [0.05, 0.1) is 5.56 Å². The molecule has 104 valence electrons. The molecule has 5 heteroatoms. The van der Waals surface area contributed by atoms with E-state index in [1.54, 1.807) is 0 Å². The number of ether oxygens (including phenoxy) is 1. The summed E-state index contributed by atoms with van der Waals surface area (Å²) in [6.45, 7) is 5.04. The molecule has 0 amide bonds. The van der Waals surface area contributed by atoms with E-state index >= 15 is 0 Å². The Balaban J connectivity index is 1.87. The smallest absolute Gasteiger partial charge is 0.129 e. The Hall–Kier alpha value is -0.780. The number of benzene rings is 1. The van der Waals surface area contributed by atoms with Gasteiger partial charge < -0.3 is 10.5 Å². The van der Waals surface area contributed by atoms with E-state index in [-0.39, 0.29) is 0 Å². The fourth-order valence-corrected chi connectivity index (χ4v) is 3.41. The molecule has 0 spiro atoms. The lowest BCUT2D eigenvalue weighted by Gasteiger charge is -2.32. The third kappa shape index (κ3) is 4.09. The van der Waals surface area contributed by atoms with E-state index in [0.29, 0.717) is 17.6 Å². The van der Waals surface area contributed by atoms with Crippen LogP contribution in [-0.4, -0.2) is 47.1 Å². The molecule has 2 N–H and O–H groups in total. The van der Waals surface area contributed by atoms with Gasteiger partial charge in [-0.25, -0.2) is 0 Å². The maximum atomic E-state index is 5.83. The average Bonchev–Trinajstić information content (AvgIpc) is 2.41. The van der Waals surface area contributed by atoms with Crippen LogP contribution in [0, 0.1) is 0 Å². The average molecular weight is 296 g/mol. The Labute approximate surface area is 124 Å². The van der Waals surface area contributed by atoms with Crippen molar-refractivity contribution in [1.29, 1.82) is 0 Å². The van der Waals surface area contributed by atoms with E-state index in [9.17, 15) is 0 Å². The first kappa shape index (κ1) is 14.6. The standard InChI is InChI=1S/C14H20N2OS2/c1-11-10-19-9-7-16(11)6-8-17-13-5-3-2-4-12(13)14(15)18/h2-5,11H,6-10H2,1H3,(H2,15,18). The number of hydrogen-bond donors (Lipinski definition) is 1. The van der Waals surface area contributed by atoms with Crippen LogP contribution in [0.15, 0.2) is 24.3 Å². The van der Waals surface area contributed by atoms with Gasteiger partial charge in [0.2, 0.25) is 0 Å². The van der Waals surface area contributed by atoms with Crippen LogP contribution in [0.4, 0.5) is 0 Å². The molecule has 0 aliphatic carbocycles. The fourth-order valence-electron chi connectivity index (χ4n) is 2.16.